The number of aryl methyl sites for hydroxylation is 1. The molecule has 0 aliphatic heterocycles. The van der Waals surface area contributed by atoms with Crippen LogP contribution in [0.15, 0.2) is 48.5 Å². The van der Waals surface area contributed by atoms with Crippen LogP contribution in [0.4, 0.5) is 8.78 Å². The fraction of sp³-hybridized carbons (Fsp3) is 0.233. The maximum absolute atomic E-state index is 14.9. The molecule has 0 radical (unpaired) electrons. The van der Waals surface area contributed by atoms with Gasteiger partial charge in [-0.1, -0.05) is 19.9 Å². The predicted molar refractivity (Wildman–Crippen MR) is 152 cm³/mol. The monoisotopic (exact) mass is 579 g/mol. The topological polar surface area (TPSA) is 107 Å². The van der Waals surface area contributed by atoms with E-state index in [1.54, 1.807) is 22.8 Å². The second-order valence-corrected chi connectivity index (χ2v) is 11.2. The van der Waals surface area contributed by atoms with Crippen molar-refractivity contribution in [1.29, 1.82) is 0 Å². The molecule has 5 rings (SSSR count). The highest BCUT2D eigenvalue weighted by atomic mass is 32.1. The number of methoxy groups -OCH3 is 2. The third kappa shape index (κ3) is 4.97. The van der Waals surface area contributed by atoms with Gasteiger partial charge in [-0.3, -0.25) is 0 Å². The third-order valence-electron chi connectivity index (χ3n) is 6.94. The van der Waals surface area contributed by atoms with Crippen LogP contribution in [0.1, 0.15) is 40.7 Å². The Morgan fingerprint density at radius 3 is 2.41 bits per heavy atom. The molecule has 0 unspecified atom stereocenters. The van der Waals surface area contributed by atoms with Gasteiger partial charge in [0.1, 0.15) is 33.7 Å². The average molecular weight is 580 g/mol. The summed E-state index contributed by atoms with van der Waals surface area (Å²) in [6, 6.07) is 11.2. The number of aromatic nitrogens is 3. The van der Waals surface area contributed by atoms with Gasteiger partial charge in [0.25, 0.3) is 0 Å². The first kappa shape index (κ1) is 28.0. The van der Waals surface area contributed by atoms with Crippen LogP contribution in [0.25, 0.3) is 27.7 Å². The zero-order valence-corrected chi connectivity index (χ0v) is 23.8. The number of ether oxygens (including phenoxy) is 2. The molecule has 2 N–H and O–H groups in total. The lowest BCUT2D eigenvalue weighted by Gasteiger charge is -2.28. The van der Waals surface area contributed by atoms with Crippen molar-refractivity contribution < 1.29 is 33.3 Å². The van der Waals surface area contributed by atoms with E-state index < -0.39 is 23.0 Å². The number of benzene rings is 3. The molecular weight excluding hydrogens is 552 g/mol. The molecule has 0 aliphatic carbocycles. The molecule has 0 atom stereocenters. The fourth-order valence-electron chi connectivity index (χ4n) is 5.25. The summed E-state index contributed by atoms with van der Waals surface area (Å²) in [5.74, 6) is -2.02. The summed E-state index contributed by atoms with van der Waals surface area (Å²) in [6.07, 6.45) is 0.368. The smallest absolute Gasteiger partial charge is 0.339 e. The van der Waals surface area contributed by atoms with Gasteiger partial charge in [-0.25, -0.2) is 18.6 Å². The first-order valence-corrected chi connectivity index (χ1v) is 13.3. The van der Waals surface area contributed by atoms with Crippen molar-refractivity contribution in [3.63, 3.8) is 0 Å². The number of phenols is 1. The van der Waals surface area contributed by atoms with E-state index in [2.05, 4.69) is 9.36 Å². The van der Waals surface area contributed by atoms with Gasteiger partial charge in [-0.05, 0) is 54.4 Å². The third-order valence-corrected chi connectivity index (χ3v) is 7.59. The lowest BCUT2D eigenvalue weighted by Crippen LogP contribution is -2.25. The van der Waals surface area contributed by atoms with Gasteiger partial charge in [-0.15, -0.1) is 0 Å². The summed E-state index contributed by atoms with van der Waals surface area (Å²) in [7, 11) is 2.72. The van der Waals surface area contributed by atoms with Crippen LogP contribution in [0, 0.1) is 18.6 Å². The van der Waals surface area contributed by atoms with Crippen LogP contribution < -0.4 is 9.47 Å². The molecule has 11 heteroatoms. The van der Waals surface area contributed by atoms with Gasteiger partial charge in [0.2, 0.25) is 0 Å². The number of aromatic carboxylic acids is 1. The number of fused-ring (bicyclic) bond motifs is 1. The van der Waals surface area contributed by atoms with E-state index in [0.29, 0.717) is 45.7 Å². The number of hydrogen-bond donors (Lipinski definition) is 2. The minimum Gasteiger partial charge on any atom is -0.507 e. The van der Waals surface area contributed by atoms with Crippen molar-refractivity contribution in [2.45, 2.75) is 32.6 Å². The van der Waals surface area contributed by atoms with Crippen molar-refractivity contribution in [1.82, 2.24) is 13.9 Å². The number of aromatic hydroxyl groups is 1. The Morgan fingerprint density at radius 1 is 1.05 bits per heavy atom. The fourth-order valence-corrected chi connectivity index (χ4v) is 5.74. The van der Waals surface area contributed by atoms with Gasteiger partial charge in [0.15, 0.2) is 11.6 Å². The van der Waals surface area contributed by atoms with Gasteiger partial charge < -0.3 is 24.3 Å². The lowest BCUT2D eigenvalue weighted by molar-refractivity contribution is 0.0693. The van der Waals surface area contributed by atoms with Crippen molar-refractivity contribution in [3.8, 4) is 34.1 Å². The highest BCUT2D eigenvalue weighted by Crippen LogP contribution is 2.48. The molecule has 3 aromatic carbocycles. The van der Waals surface area contributed by atoms with Crippen LogP contribution in [0.2, 0.25) is 0 Å². The number of carboxylic acid groups (broad SMARTS) is 1. The molecule has 0 fully saturated rings. The summed E-state index contributed by atoms with van der Waals surface area (Å²) in [5, 5.41) is 21.9. The van der Waals surface area contributed by atoms with Crippen molar-refractivity contribution in [2.24, 2.45) is 0 Å². The Morgan fingerprint density at radius 2 is 1.78 bits per heavy atom. The van der Waals surface area contributed by atoms with Gasteiger partial charge in [0, 0.05) is 40.9 Å². The Balaban J connectivity index is 1.94. The van der Waals surface area contributed by atoms with Gasteiger partial charge >= 0.3 is 5.97 Å². The van der Waals surface area contributed by atoms with Crippen LogP contribution >= 0.6 is 11.5 Å². The molecule has 0 bridgehead atoms. The van der Waals surface area contributed by atoms with E-state index in [1.165, 1.54) is 50.0 Å². The van der Waals surface area contributed by atoms with E-state index in [1.807, 2.05) is 20.8 Å². The quantitative estimate of drug-likeness (QED) is 0.211. The zero-order valence-electron chi connectivity index (χ0n) is 23.0. The minimum absolute atomic E-state index is 0.0143. The molecule has 0 saturated heterocycles. The zero-order chi connectivity index (χ0) is 29.6. The van der Waals surface area contributed by atoms with Gasteiger partial charge in [0.05, 0.1) is 25.1 Å². The first-order chi connectivity index (χ1) is 19.4. The van der Waals surface area contributed by atoms with E-state index in [9.17, 15) is 23.8 Å². The Bertz CT molecular complexity index is 1810. The number of rotatable bonds is 8. The van der Waals surface area contributed by atoms with Crippen LogP contribution in [0.5, 0.6) is 17.2 Å². The Labute approximate surface area is 238 Å². The molecule has 0 spiro atoms. The largest absolute Gasteiger partial charge is 0.507 e. The first-order valence-electron chi connectivity index (χ1n) is 12.6. The number of carbonyl (C=O) groups is 1. The van der Waals surface area contributed by atoms with Crippen LogP contribution in [0.3, 0.4) is 0 Å². The SMILES string of the molecule is COc1cc(-n2c(C(C)(C)Cc3nsc(C)n3)c(-c3ccc(C(=O)O)c(OC)c3)c3c(O)cc(F)cc32)ccc1F. The Hall–Kier alpha value is -4.51. The molecule has 0 amide bonds. The molecular formula is C30H27F2N3O5S. The van der Waals surface area contributed by atoms with Gasteiger partial charge in [-0.2, -0.15) is 4.37 Å². The second kappa shape index (κ2) is 10.5. The predicted octanol–water partition coefficient (Wildman–Crippen LogP) is 6.68. The van der Waals surface area contributed by atoms with E-state index >= 15 is 0 Å². The number of halogens is 2. The highest BCUT2D eigenvalue weighted by Gasteiger charge is 2.35. The molecule has 5 aromatic rings. The number of hydrogen-bond acceptors (Lipinski definition) is 7. The van der Waals surface area contributed by atoms with Crippen LogP contribution in [-0.2, 0) is 11.8 Å². The Kier molecular flexibility index (Phi) is 7.16. The molecule has 8 nitrogen and oxygen atoms in total. The van der Waals surface area contributed by atoms with E-state index in [-0.39, 0.29) is 22.8 Å². The summed E-state index contributed by atoms with van der Waals surface area (Å²) in [6.45, 7) is 5.79. The second-order valence-electron chi connectivity index (χ2n) is 10.2. The summed E-state index contributed by atoms with van der Waals surface area (Å²) in [4.78, 5) is 16.4. The van der Waals surface area contributed by atoms with Crippen molar-refractivity contribution in [2.75, 3.05) is 14.2 Å². The normalized spacial score (nSPS) is 11.7. The maximum atomic E-state index is 14.9. The van der Waals surface area contributed by atoms with Crippen LogP contribution in [-0.4, -0.2) is 44.3 Å². The van der Waals surface area contributed by atoms with Crippen molar-refractivity contribution in [3.05, 3.63) is 82.3 Å². The average Bonchev–Trinajstić information content (AvgIpc) is 3.49. The van der Waals surface area contributed by atoms with Crippen molar-refractivity contribution >= 4 is 28.4 Å². The molecule has 0 aliphatic rings. The molecule has 2 heterocycles. The molecule has 0 saturated carbocycles. The summed E-state index contributed by atoms with van der Waals surface area (Å²) < 4.78 is 46.3. The summed E-state index contributed by atoms with van der Waals surface area (Å²) in [5.41, 5.74) is 1.65. The maximum Gasteiger partial charge on any atom is 0.339 e. The standard InChI is InChI=1S/C30H27F2N3O5S/c1-15-33-25(34-41-15)14-30(2,3)28-26(16-6-8-19(29(37)38)23(10-16)39-4)27-21(11-17(31)12-22(27)36)35(28)18-7-9-20(32)24(13-18)40-5/h6-13,36H,14H2,1-5H3,(H,37,38). The molecule has 212 valence electrons. The summed E-state index contributed by atoms with van der Waals surface area (Å²) >= 11 is 1.28. The highest BCUT2D eigenvalue weighted by molar-refractivity contribution is 7.05. The molecule has 41 heavy (non-hydrogen) atoms. The minimum atomic E-state index is -1.16. The molecule has 2 aromatic heterocycles. The number of phenolic OH excluding ortho intramolecular Hbond substituents is 1. The number of carboxylic acids is 1. The lowest BCUT2D eigenvalue weighted by atomic mass is 9.81. The van der Waals surface area contributed by atoms with E-state index in [4.69, 9.17) is 9.47 Å². The van der Waals surface area contributed by atoms with E-state index in [0.717, 1.165) is 11.1 Å². The number of nitrogens with zero attached hydrogens (tertiary/aromatic N) is 3.